The van der Waals surface area contributed by atoms with Gasteiger partial charge in [0.1, 0.15) is 0 Å². The van der Waals surface area contributed by atoms with Gasteiger partial charge >= 0.3 is 0 Å². The van der Waals surface area contributed by atoms with Crippen LogP contribution in [0, 0.1) is 5.92 Å². The Labute approximate surface area is 134 Å². The van der Waals surface area contributed by atoms with Crippen molar-refractivity contribution in [3.63, 3.8) is 0 Å². The molecule has 1 saturated carbocycles. The largest absolute Gasteiger partial charge is 0.493 e. The fourth-order valence-corrected chi connectivity index (χ4v) is 5.52. The molecular weight excluding hydrogens is 294 g/mol. The van der Waals surface area contributed by atoms with Crippen LogP contribution in [0.4, 0.5) is 0 Å². The molecule has 0 aromatic heterocycles. The number of likely N-dealkylation sites (N-methyl/N-ethyl adjacent to an activating group) is 1. The minimum absolute atomic E-state index is 0.121. The third-order valence-electron chi connectivity index (χ3n) is 6.48. The topological polar surface area (TPSA) is 55.8 Å². The lowest BCUT2D eigenvalue weighted by Gasteiger charge is -2.56. The van der Waals surface area contributed by atoms with Gasteiger partial charge in [0.15, 0.2) is 23.4 Å². The molecule has 5 nitrogen and oxygen atoms in total. The van der Waals surface area contributed by atoms with E-state index in [1.807, 2.05) is 18.0 Å². The van der Waals surface area contributed by atoms with Crippen LogP contribution in [0.15, 0.2) is 12.1 Å². The zero-order valence-electron chi connectivity index (χ0n) is 13.3. The van der Waals surface area contributed by atoms with Gasteiger partial charge in [0.05, 0.1) is 12.5 Å². The van der Waals surface area contributed by atoms with E-state index in [4.69, 9.17) is 9.47 Å². The number of ketones is 1. The Bertz CT molecular complexity index is 758. The number of hydrogen-bond acceptors (Lipinski definition) is 4. The van der Waals surface area contributed by atoms with Crippen molar-refractivity contribution in [3.8, 4) is 11.5 Å². The molecule has 2 aliphatic carbocycles. The first kappa shape index (κ1) is 13.4. The molecule has 5 rings (SSSR count). The van der Waals surface area contributed by atoms with Crippen LogP contribution in [0.25, 0.3) is 0 Å². The van der Waals surface area contributed by atoms with Crippen LogP contribution in [0.2, 0.25) is 0 Å². The van der Waals surface area contributed by atoms with Crippen LogP contribution < -0.4 is 9.47 Å². The third kappa shape index (κ3) is 1.35. The summed E-state index contributed by atoms with van der Waals surface area (Å²) in [4.78, 5) is 27.1. The summed E-state index contributed by atoms with van der Waals surface area (Å²) >= 11 is 0. The number of carbonyl (C=O) groups excluding carboxylic acids is 2. The molecule has 1 spiro atoms. The number of piperidine rings is 1. The summed E-state index contributed by atoms with van der Waals surface area (Å²) in [5, 5.41) is 0. The molecule has 2 aliphatic heterocycles. The maximum atomic E-state index is 12.6. The van der Waals surface area contributed by atoms with Crippen LogP contribution >= 0.6 is 0 Å². The Balaban J connectivity index is 1.83. The van der Waals surface area contributed by atoms with E-state index in [1.165, 1.54) is 5.56 Å². The summed E-state index contributed by atoms with van der Waals surface area (Å²) in [6.07, 6.45) is 2.07. The molecule has 1 saturated heterocycles. The van der Waals surface area contributed by atoms with Gasteiger partial charge in [-0.2, -0.15) is 0 Å². The summed E-state index contributed by atoms with van der Waals surface area (Å²) in [5.41, 5.74) is 1.82. The van der Waals surface area contributed by atoms with E-state index in [1.54, 1.807) is 7.11 Å². The molecule has 1 aromatic rings. The highest BCUT2D eigenvalue weighted by Crippen LogP contribution is 2.63. The third-order valence-corrected chi connectivity index (χ3v) is 6.48. The number of methoxy groups -OCH3 is 1. The number of likely N-dealkylation sites (tertiary alicyclic amines) is 1. The SMILES string of the molecule is COc1ccc2c3c1OC1C(=O)CCC4C(C2)N(C)C(=O)CC314. The van der Waals surface area contributed by atoms with Gasteiger partial charge in [0.2, 0.25) is 5.91 Å². The quantitative estimate of drug-likeness (QED) is 0.788. The van der Waals surface area contributed by atoms with E-state index in [0.717, 1.165) is 18.4 Å². The van der Waals surface area contributed by atoms with Gasteiger partial charge in [-0.1, -0.05) is 6.07 Å². The smallest absolute Gasteiger partial charge is 0.223 e. The highest BCUT2D eigenvalue weighted by molar-refractivity contribution is 5.92. The van der Waals surface area contributed by atoms with Crippen molar-refractivity contribution >= 4 is 11.7 Å². The van der Waals surface area contributed by atoms with Crippen molar-refractivity contribution in [3.05, 3.63) is 23.3 Å². The summed E-state index contributed by atoms with van der Waals surface area (Å²) in [6.45, 7) is 0. The molecule has 0 radical (unpaired) electrons. The number of hydrogen-bond donors (Lipinski definition) is 0. The molecule has 2 heterocycles. The minimum Gasteiger partial charge on any atom is -0.493 e. The molecule has 120 valence electrons. The predicted octanol–water partition coefficient (Wildman–Crippen LogP) is 1.46. The maximum Gasteiger partial charge on any atom is 0.223 e. The molecule has 23 heavy (non-hydrogen) atoms. The number of amides is 1. The molecule has 1 amide bonds. The molecule has 4 atom stereocenters. The van der Waals surface area contributed by atoms with Crippen molar-refractivity contribution in [2.75, 3.05) is 14.2 Å². The normalized spacial score (nSPS) is 36.6. The maximum absolute atomic E-state index is 12.6. The predicted molar refractivity (Wildman–Crippen MR) is 81.7 cm³/mol. The number of benzene rings is 1. The highest BCUT2D eigenvalue weighted by atomic mass is 16.5. The number of Topliss-reactive ketones (excluding diaryl/α,β-unsaturated/α-hetero) is 1. The first-order valence-corrected chi connectivity index (χ1v) is 8.23. The first-order valence-electron chi connectivity index (χ1n) is 8.23. The molecular formula is C18H19NO4. The zero-order chi connectivity index (χ0) is 15.9. The van der Waals surface area contributed by atoms with E-state index in [9.17, 15) is 9.59 Å². The molecule has 2 fully saturated rings. The number of ether oxygens (including phenoxy) is 2. The molecule has 2 bridgehead atoms. The fourth-order valence-electron chi connectivity index (χ4n) is 5.52. The molecule has 5 heteroatoms. The van der Waals surface area contributed by atoms with Crippen molar-refractivity contribution in [2.24, 2.45) is 5.92 Å². The van der Waals surface area contributed by atoms with E-state index in [0.29, 0.717) is 30.3 Å². The van der Waals surface area contributed by atoms with Crippen LogP contribution in [0.1, 0.15) is 30.4 Å². The van der Waals surface area contributed by atoms with Gasteiger partial charge in [0.25, 0.3) is 0 Å². The zero-order valence-corrected chi connectivity index (χ0v) is 13.3. The first-order chi connectivity index (χ1) is 11.1. The number of carbonyl (C=O) groups is 2. The Morgan fingerprint density at radius 1 is 1.35 bits per heavy atom. The van der Waals surface area contributed by atoms with Crippen LogP contribution in [0.5, 0.6) is 11.5 Å². The molecule has 1 aromatic carbocycles. The van der Waals surface area contributed by atoms with Crippen molar-refractivity contribution in [1.82, 2.24) is 4.90 Å². The fraction of sp³-hybridized carbons (Fsp3) is 0.556. The van der Waals surface area contributed by atoms with Gasteiger partial charge in [0, 0.05) is 31.5 Å². The van der Waals surface area contributed by atoms with E-state index in [2.05, 4.69) is 6.07 Å². The summed E-state index contributed by atoms with van der Waals surface area (Å²) in [6, 6.07) is 4.17. The van der Waals surface area contributed by atoms with Gasteiger partial charge in [-0.15, -0.1) is 0 Å². The Morgan fingerprint density at radius 3 is 2.96 bits per heavy atom. The summed E-state index contributed by atoms with van der Waals surface area (Å²) < 4.78 is 11.6. The van der Waals surface area contributed by atoms with E-state index >= 15 is 0 Å². The average Bonchev–Trinajstić information content (AvgIpc) is 2.89. The second kappa shape index (κ2) is 4.08. The van der Waals surface area contributed by atoms with E-state index < -0.39 is 11.5 Å². The Kier molecular flexibility index (Phi) is 2.37. The van der Waals surface area contributed by atoms with Crippen molar-refractivity contribution in [2.45, 2.75) is 43.2 Å². The average molecular weight is 313 g/mol. The summed E-state index contributed by atoms with van der Waals surface area (Å²) in [7, 11) is 3.52. The second-order valence-electron chi connectivity index (χ2n) is 7.23. The van der Waals surface area contributed by atoms with Crippen LogP contribution in [-0.2, 0) is 21.4 Å². The van der Waals surface area contributed by atoms with Gasteiger partial charge in [-0.3, -0.25) is 9.59 Å². The minimum atomic E-state index is -0.522. The van der Waals surface area contributed by atoms with E-state index in [-0.39, 0.29) is 17.7 Å². The lowest BCUT2D eigenvalue weighted by atomic mass is 9.51. The number of rotatable bonds is 1. The monoisotopic (exact) mass is 313 g/mol. The van der Waals surface area contributed by atoms with Crippen LogP contribution in [0.3, 0.4) is 0 Å². The van der Waals surface area contributed by atoms with Gasteiger partial charge < -0.3 is 14.4 Å². The van der Waals surface area contributed by atoms with Crippen molar-refractivity contribution in [1.29, 1.82) is 0 Å². The highest BCUT2D eigenvalue weighted by Gasteiger charge is 2.67. The second-order valence-corrected chi connectivity index (χ2v) is 7.23. The molecule has 4 aliphatic rings. The van der Waals surface area contributed by atoms with Crippen LogP contribution in [-0.4, -0.2) is 42.9 Å². The number of nitrogens with zero attached hydrogens (tertiary/aromatic N) is 1. The summed E-state index contributed by atoms with van der Waals surface area (Å²) in [5.74, 6) is 1.92. The van der Waals surface area contributed by atoms with Gasteiger partial charge in [-0.25, -0.2) is 0 Å². The molecule has 4 unspecified atom stereocenters. The van der Waals surface area contributed by atoms with Crippen molar-refractivity contribution < 1.29 is 19.1 Å². The lowest BCUT2D eigenvalue weighted by molar-refractivity contribution is -0.152. The standard InChI is InChI=1S/C18H19NO4/c1-19-11-7-9-3-6-13(22-2)16-15(9)18(8-14(19)21)10(11)4-5-12(20)17(18)23-16/h3,6,10-11,17H,4-5,7-8H2,1-2H3. The lowest BCUT2D eigenvalue weighted by Crippen LogP contribution is -2.66. The Morgan fingerprint density at radius 2 is 2.17 bits per heavy atom. The Hall–Kier alpha value is -2.04. The molecule has 0 N–H and O–H groups in total. The van der Waals surface area contributed by atoms with Gasteiger partial charge in [-0.05, 0) is 30.4 Å².